The Kier molecular flexibility index (Phi) is 5.92. The number of fused-ring (bicyclic) bond motifs is 1. The summed E-state index contributed by atoms with van der Waals surface area (Å²) in [5.41, 5.74) is 3.41. The van der Waals surface area contributed by atoms with E-state index < -0.39 is 18.1 Å². The molecule has 0 aromatic heterocycles. The summed E-state index contributed by atoms with van der Waals surface area (Å²) in [7, 11) is 0. The Bertz CT molecular complexity index is 850. The van der Waals surface area contributed by atoms with Gasteiger partial charge in [0.1, 0.15) is 6.04 Å². The molecule has 29 heavy (non-hydrogen) atoms. The number of esters is 1. The molecular formula is C23H29NO5. The van der Waals surface area contributed by atoms with Gasteiger partial charge in [0.25, 0.3) is 0 Å². The van der Waals surface area contributed by atoms with Crippen LogP contribution in [-0.4, -0.2) is 40.6 Å². The van der Waals surface area contributed by atoms with Gasteiger partial charge in [-0.15, -0.1) is 0 Å². The van der Waals surface area contributed by atoms with Crippen molar-refractivity contribution in [2.75, 3.05) is 0 Å². The minimum absolute atomic E-state index is 0.284. The Morgan fingerprint density at radius 3 is 2.00 bits per heavy atom. The van der Waals surface area contributed by atoms with Crippen LogP contribution in [0.4, 0.5) is 0 Å². The highest BCUT2D eigenvalue weighted by Crippen LogP contribution is 2.39. The molecule has 1 aromatic rings. The minimum Gasteiger partial charge on any atom is -0.453 e. The zero-order valence-electron chi connectivity index (χ0n) is 17.8. The Balaban J connectivity index is 1.71. The smallest absolute Gasteiger partial charge is 0.329 e. The van der Waals surface area contributed by atoms with Gasteiger partial charge in [0.2, 0.25) is 17.6 Å². The van der Waals surface area contributed by atoms with Gasteiger partial charge in [-0.1, -0.05) is 18.9 Å². The summed E-state index contributed by atoms with van der Waals surface area (Å²) < 4.78 is 5.38. The number of rotatable bonds is 5. The van der Waals surface area contributed by atoms with Gasteiger partial charge in [-0.05, 0) is 70.2 Å². The molecule has 3 unspecified atom stereocenters. The van der Waals surface area contributed by atoms with E-state index in [0.717, 1.165) is 34.4 Å². The van der Waals surface area contributed by atoms with Gasteiger partial charge >= 0.3 is 5.97 Å². The number of hydrogen-bond donors (Lipinski definition) is 0. The number of carbonyl (C=O) groups is 4. The van der Waals surface area contributed by atoms with E-state index in [0.29, 0.717) is 18.4 Å². The highest BCUT2D eigenvalue weighted by atomic mass is 16.5. The van der Waals surface area contributed by atoms with E-state index in [1.165, 1.54) is 13.8 Å². The number of ether oxygens (including phenoxy) is 1. The van der Waals surface area contributed by atoms with Crippen LogP contribution < -0.4 is 0 Å². The van der Waals surface area contributed by atoms with E-state index in [4.69, 9.17) is 4.74 Å². The number of amides is 2. The molecule has 3 rings (SSSR count). The first-order valence-electron chi connectivity index (χ1n) is 10.3. The van der Waals surface area contributed by atoms with Gasteiger partial charge in [-0.2, -0.15) is 0 Å². The predicted octanol–water partition coefficient (Wildman–Crippen LogP) is 3.29. The van der Waals surface area contributed by atoms with Crippen LogP contribution in [0.2, 0.25) is 0 Å². The number of nitrogens with zero attached hydrogens (tertiary/aromatic N) is 1. The Morgan fingerprint density at radius 1 is 0.931 bits per heavy atom. The molecule has 1 aliphatic heterocycles. The fraction of sp³-hybridized carbons (Fsp3) is 0.565. The fourth-order valence-corrected chi connectivity index (χ4v) is 4.45. The molecule has 2 amide bonds. The van der Waals surface area contributed by atoms with Crippen LogP contribution in [-0.2, 0) is 19.1 Å². The van der Waals surface area contributed by atoms with E-state index >= 15 is 0 Å². The van der Waals surface area contributed by atoms with Crippen LogP contribution in [0.25, 0.3) is 0 Å². The lowest BCUT2D eigenvalue weighted by Gasteiger charge is -2.23. The molecule has 1 aromatic carbocycles. The summed E-state index contributed by atoms with van der Waals surface area (Å²) in [5.74, 6) is -2.22. The number of aryl methyl sites for hydroxylation is 3. The fourth-order valence-electron chi connectivity index (χ4n) is 4.45. The molecule has 1 saturated heterocycles. The van der Waals surface area contributed by atoms with Gasteiger partial charge in [-0.3, -0.25) is 19.3 Å². The molecule has 1 heterocycles. The third-order valence-corrected chi connectivity index (χ3v) is 6.37. The van der Waals surface area contributed by atoms with E-state index in [1.54, 1.807) is 6.07 Å². The maximum Gasteiger partial charge on any atom is 0.329 e. The van der Waals surface area contributed by atoms with E-state index in [9.17, 15) is 19.2 Å². The first kappa shape index (κ1) is 21.2. The number of carbonyl (C=O) groups excluding carboxylic acids is 4. The second-order valence-corrected chi connectivity index (χ2v) is 8.41. The number of Topliss-reactive ketones (excluding diaryl/α,β-unsaturated/α-hetero) is 1. The van der Waals surface area contributed by atoms with Crippen molar-refractivity contribution in [1.29, 1.82) is 0 Å². The van der Waals surface area contributed by atoms with Crippen molar-refractivity contribution in [3.63, 3.8) is 0 Å². The standard InChI is InChI=1S/C23H29NO5/c1-12-10-14(3)19(11-13(12)2)20(25)16(5)29-23(28)15(4)24-21(26)17-8-6-7-9-18(17)22(24)27/h10-11,15-18H,6-9H2,1-5H3/t15-,16?,17?,18?/m0/s1. The maximum atomic E-state index is 12.8. The first-order valence-corrected chi connectivity index (χ1v) is 10.3. The summed E-state index contributed by atoms with van der Waals surface area (Å²) in [6, 6.07) is 2.71. The van der Waals surface area contributed by atoms with Crippen molar-refractivity contribution in [2.45, 2.75) is 72.4 Å². The molecule has 0 spiro atoms. The maximum absolute atomic E-state index is 12.8. The van der Waals surface area contributed by atoms with Crippen molar-refractivity contribution in [2.24, 2.45) is 11.8 Å². The van der Waals surface area contributed by atoms with E-state index in [-0.39, 0.29) is 29.4 Å². The Labute approximate surface area is 171 Å². The number of imide groups is 1. The molecule has 6 nitrogen and oxygen atoms in total. The molecule has 6 heteroatoms. The van der Waals surface area contributed by atoms with Gasteiger partial charge < -0.3 is 4.74 Å². The van der Waals surface area contributed by atoms with E-state index in [2.05, 4.69) is 0 Å². The molecule has 0 radical (unpaired) electrons. The summed E-state index contributed by atoms with van der Waals surface area (Å²) in [6.07, 6.45) is 2.23. The zero-order valence-corrected chi connectivity index (χ0v) is 17.8. The lowest BCUT2D eigenvalue weighted by atomic mass is 9.81. The van der Waals surface area contributed by atoms with Crippen LogP contribution in [0.5, 0.6) is 0 Å². The highest BCUT2D eigenvalue weighted by molar-refractivity contribution is 6.08. The number of hydrogen-bond acceptors (Lipinski definition) is 5. The predicted molar refractivity (Wildman–Crippen MR) is 107 cm³/mol. The highest BCUT2D eigenvalue weighted by Gasteiger charge is 2.51. The number of ketones is 1. The van der Waals surface area contributed by atoms with Crippen molar-refractivity contribution in [3.05, 3.63) is 34.4 Å². The molecule has 0 bridgehead atoms. The van der Waals surface area contributed by atoms with Crippen LogP contribution in [0.3, 0.4) is 0 Å². The number of benzene rings is 1. The lowest BCUT2D eigenvalue weighted by molar-refractivity contribution is -0.159. The summed E-state index contributed by atoms with van der Waals surface area (Å²) in [6.45, 7) is 8.76. The third-order valence-electron chi connectivity index (χ3n) is 6.37. The minimum atomic E-state index is -1.03. The molecule has 156 valence electrons. The average Bonchev–Trinajstić information content (AvgIpc) is 2.94. The van der Waals surface area contributed by atoms with Crippen LogP contribution in [0, 0.1) is 32.6 Å². The zero-order chi connectivity index (χ0) is 21.5. The normalized spacial score (nSPS) is 23.6. The largest absolute Gasteiger partial charge is 0.453 e. The number of likely N-dealkylation sites (tertiary alicyclic amines) is 1. The molecule has 2 fully saturated rings. The summed E-state index contributed by atoms with van der Waals surface area (Å²) in [4.78, 5) is 51.9. The topological polar surface area (TPSA) is 80.8 Å². The van der Waals surface area contributed by atoms with Crippen molar-refractivity contribution in [3.8, 4) is 0 Å². The summed E-state index contributed by atoms with van der Waals surface area (Å²) >= 11 is 0. The van der Waals surface area contributed by atoms with Crippen LogP contribution in [0.15, 0.2) is 12.1 Å². The SMILES string of the molecule is Cc1cc(C)c(C(=O)C(C)OC(=O)[C@H](C)N2C(=O)C3CCCCC3C2=O)cc1C. The summed E-state index contributed by atoms with van der Waals surface area (Å²) in [5, 5.41) is 0. The van der Waals surface area contributed by atoms with Gasteiger partial charge in [0, 0.05) is 5.56 Å². The van der Waals surface area contributed by atoms with Gasteiger partial charge in [-0.25, -0.2) is 4.79 Å². The second-order valence-electron chi connectivity index (χ2n) is 8.41. The van der Waals surface area contributed by atoms with Gasteiger partial charge in [0.05, 0.1) is 11.8 Å². The average molecular weight is 399 g/mol. The van der Waals surface area contributed by atoms with E-state index in [1.807, 2.05) is 26.8 Å². The van der Waals surface area contributed by atoms with Crippen LogP contribution >= 0.6 is 0 Å². The molecule has 2 aliphatic rings. The molecule has 1 saturated carbocycles. The van der Waals surface area contributed by atoms with Crippen molar-refractivity contribution < 1.29 is 23.9 Å². The third kappa shape index (κ3) is 3.85. The Hall–Kier alpha value is -2.50. The Morgan fingerprint density at radius 2 is 1.45 bits per heavy atom. The van der Waals surface area contributed by atoms with Crippen molar-refractivity contribution >= 4 is 23.6 Å². The monoisotopic (exact) mass is 399 g/mol. The molecule has 1 aliphatic carbocycles. The van der Waals surface area contributed by atoms with Crippen molar-refractivity contribution in [1.82, 2.24) is 4.90 Å². The first-order chi connectivity index (χ1) is 13.6. The van der Waals surface area contributed by atoms with Crippen LogP contribution in [0.1, 0.15) is 66.6 Å². The second kappa shape index (κ2) is 8.09. The molecule has 4 atom stereocenters. The quantitative estimate of drug-likeness (QED) is 0.431. The van der Waals surface area contributed by atoms with Gasteiger partial charge in [0.15, 0.2) is 6.10 Å². The molecule has 0 N–H and O–H groups in total. The molecular weight excluding hydrogens is 370 g/mol. The lowest BCUT2D eigenvalue weighted by Crippen LogP contribution is -2.45.